The molecule has 1 aliphatic heterocycles. The van der Waals surface area contributed by atoms with Gasteiger partial charge in [0.05, 0.1) is 6.42 Å². The van der Waals surface area contributed by atoms with Gasteiger partial charge in [0.2, 0.25) is 0 Å². The monoisotopic (exact) mass is 139 g/mol. The van der Waals surface area contributed by atoms with Crippen molar-refractivity contribution in [3.63, 3.8) is 0 Å². The van der Waals surface area contributed by atoms with E-state index in [2.05, 4.69) is 0 Å². The molecule has 1 rings (SSSR count). The zero-order chi connectivity index (χ0) is 7.07. The van der Waals surface area contributed by atoms with Gasteiger partial charge in [-0.15, -0.1) is 0 Å². The van der Waals surface area contributed by atoms with Crippen LogP contribution >= 0.6 is 0 Å². The first-order valence-electron chi connectivity index (χ1n) is 2.76. The normalized spacial score (nSPS) is 34.7. The fourth-order valence-electron chi connectivity index (χ4n) is 0.773. The van der Waals surface area contributed by atoms with Crippen LogP contribution in [0.3, 0.4) is 0 Å². The molecule has 1 heterocycles. The Kier molecular flexibility index (Phi) is 1.42. The summed E-state index contributed by atoms with van der Waals surface area (Å²) in [6, 6.07) is -0.231. The summed E-state index contributed by atoms with van der Waals surface area (Å²) in [6.45, 7) is 0.597. The van der Waals surface area contributed by atoms with E-state index in [1.807, 2.05) is 0 Å². The van der Waals surface area contributed by atoms with Crippen LogP contribution in [0.1, 0.15) is 6.42 Å². The first-order valence-corrected chi connectivity index (χ1v) is 2.76. The molecule has 1 aliphatic rings. The lowest BCUT2D eigenvalue weighted by Crippen LogP contribution is -2.12. The maximum Gasteiger partial charge on any atom is 0.390 e. The molecule has 1 fully saturated rings. The maximum atomic E-state index is 11.5. The second-order valence-corrected chi connectivity index (χ2v) is 2.41. The molecule has 1 nitrogen and oxygen atoms in total. The molecule has 0 spiro atoms. The third-order valence-corrected chi connectivity index (χ3v) is 1.46. The minimum Gasteiger partial charge on any atom is -0.300 e. The van der Waals surface area contributed by atoms with E-state index < -0.39 is 12.6 Å². The molecule has 0 aromatic carbocycles. The van der Waals surface area contributed by atoms with Gasteiger partial charge in [-0.25, -0.2) is 0 Å². The van der Waals surface area contributed by atoms with Crippen LogP contribution in [-0.4, -0.2) is 30.7 Å². The third kappa shape index (κ3) is 2.22. The third-order valence-electron chi connectivity index (χ3n) is 1.46. The summed E-state index contributed by atoms with van der Waals surface area (Å²) >= 11 is 0. The molecule has 54 valence electrons. The fourth-order valence-corrected chi connectivity index (χ4v) is 0.773. The highest BCUT2D eigenvalue weighted by Crippen LogP contribution is 2.29. The Balaban J connectivity index is 2.19. The Morgan fingerprint density at radius 1 is 1.56 bits per heavy atom. The zero-order valence-corrected chi connectivity index (χ0v) is 5.07. The molecule has 0 aliphatic carbocycles. The molecule has 0 amide bonds. The van der Waals surface area contributed by atoms with Crippen LogP contribution in [0.5, 0.6) is 0 Å². The number of likely N-dealkylation sites (N-methyl/N-ethyl adjacent to an activating group) is 1. The summed E-state index contributed by atoms with van der Waals surface area (Å²) < 4.78 is 34.5. The molecular formula is C5H8F3N. The van der Waals surface area contributed by atoms with Crippen LogP contribution < -0.4 is 0 Å². The average Bonchev–Trinajstić information content (AvgIpc) is 2.13. The summed E-state index contributed by atoms with van der Waals surface area (Å²) in [5.74, 6) is 0. The lowest BCUT2D eigenvalue weighted by atomic mass is 10.3. The van der Waals surface area contributed by atoms with Crippen molar-refractivity contribution in [2.24, 2.45) is 0 Å². The Bertz CT molecular complexity index is 109. The molecular weight excluding hydrogens is 131 g/mol. The highest BCUT2D eigenvalue weighted by atomic mass is 19.4. The zero-order valence-electron chi connectivity index (χ0n) is 5.07. The van der Waals surface area contributed by atoms with Crippen molar-refractivity contribution in [3.8, 4) is 0 Å². The van der Waals surface area contributed by atoms with Crippen LogP contribution in [0.15, 0.2) is 0 Å². The van der Waals surface area contributed by atoms with Gasteiger partial charge in [-0.3, -0.25) is 0 Å². The lowest BCUT2D eigenvalue weighted by Gasteiger charge is -2.02. The number of hydrogen-bond acceptors (Lipinski definition) is 1. The molecule has 4 heteroatoms. The van der Waals surface area contributed by atoms with E-state index in [0.717, 1.165) is 0 Å². The summed E-state index contributed by atoms with van der Waals surface area (Å²) in [4.78, 5) is 1.67. The minimum atomic E-state index is -3.98. The maximum absolute atomic E-state index is 11.5. The Morgan fingerprint density at radius 2 is 2.00 bits per heavy atom. The van der Waals surface area contributed by atoms with E-state index in [-0.39, 0.29) is 6.04 Å². The van der Waals surface area contributed by atoms with Crippen molar-refractivity contribution in [2.75, 3.05) is 13.6 Å². The summed E-state index contributed by atoms with van der Waals surface area (Å²) in [5.41, 5.74) is 0. The highest BCUT2D eigenvalue weighted by Gasteiger charge is 2.40. The van der Waals surface area contributed by atoms with E-state index in [4.69, 9.17) is 0 Å². The first kappa shape index (κ1) is 6.86. The van der Waals surface area contributed by atoms with E-state index in [9.17, 15) is 13.2 Å². The molecule has 0 aromatic heterocycles. The molecule has 0 radical (unpaired) electrons. The summed E-state index contributed by atoms with van der Waals surface area (Å²) in [7, 11) is 1.69. The van der Waals surface area contributed by atoms with Gasteiger partial charge in [0.25, 0.3) is 0 Å². The van der Waals surface area contributed by atoms with Crippen LogP contribution in [0.4, 0.5) is 13.2 Å². The number of hydrogen-bond donors (Lipinski definition) is 0. The standard InChI is InChI=1S/C5H8F3N/c1-9-3-4(9)2-5(6,7)8/h4H,2-3H2,1H3. The Hall–Kier alpha value is -0.250. The van der Waals surface area contributed by atoms with E-state index in [1.54, 1.807) is 11.9 Å². The highest BCUT2D eigenvalue weighted by molar-refractivity contribution is 4.87. The van der Waals surface area contributed by atoms with Crippen molar-refractivity contribution >= 4 is 0 Å². The number of nitrogens with zero attached hydrogens (tertiary/aromatic N) is 1. The molecule has 0 N–H and O–H groups in total. The van der Waals surface area contributed by atoms with E-state index in [1.165, 1.54) is 0 Å². The molecule has 0 aromatic rings. The van der Waals surface area contributed by atoms with Crippen LogP contribution in [-0.2, 0) is 0 Å². The van der Waals surface area contributed by atoms with E-state index in [0.29, 0.717) is 6.54 Å². The lowest BCUT2D eigenvalue weighted by molar-refractivity contribution is -0.135. The van der Waals surface area contributed by atoms with Crippen LogP contribution in [0.2, 0.25) is 0 Å². The predicted molar refractivity (Wildman–Crippen MR) is 27.1 cm³/mol. The second kappa shape index (κ2) is 1.87. The quantitative estimate of drug-likeness (QED) is 0.494. The SMILES string of the molecule is CN1CC1CC(F)(F)F. The molecule has 1 saturated heterocycles. The number of alkyl halides is 3. The van der Waals surface area contributed by atoms with Crippen molar-refractivity contribution in [2.45, 2.75) is 18.6 Å². The van der Waals surface area contributed by atoms with Gasteiger partial charge in [-0.05, 0) is 7.05 Å². The van der Waals surface area contributed by atoms with Crippen molar-refractivity contribution < 1.29 is 13.2 Å². The second-order valence-electron chi connectivity index (χ2n) is 2.41. The fraction of sp³-hybridized carbons (Fsp3) is 1.00. The Morgan fingerprint density at radius 3 is 2.11 bits per heavy atom. The Labute approximate surface area is 51.4 Å². The first-order chi connectivity index (χ1) is 3.99. The van der Waals surface area contributed by atoms with Crippen LogP contribution in [0.25, 0.3) is 0 Å². The van der Waals surface area contributed by atoms with Gasteiger partial charge >= 0.3 is 6.18 Å². The number of halogens is 3. The molecule has 0 bridgehead atoms. The topological polar surface area (TPSA) is 3.01 Å². The minimum absolute atomic E-state index is 0.231. The summed E-state index contributed by atoms with van der Waals surface area (Å²) in [5, 5.41) is 0. The van der Waals surface area contributed by atoms with E-state index >= 15 is 0 Å². The molecule has 9 heavy (non-hydrogen) atoms. The van der Waals surface area contributed by atoms with Gasteiger partial charge < -0.3 is 4.90 Å². The predicted octanol–water partition coefficient (Wildman–Crippen LogP) is 1.25. The van der Waals surface area contributed by atoms with Crippen molar-refractivity contribution in [1.82, 2.24) is 4.90 Å². The smallest absolute Gasteiger partial charge is 0.300 e. The average molecular weight is 139 g/mol. The van der Waals surface area contributed by atoms with Crippen molar-refractivity contribution in [3.05, 3.63) is 0 Å². The van der Waals surface area contributed by atoms with Gasteiger partial charge in [0.1, 0.15) is 0 Å². The van der Waals surface area contributed by atoms with Gasteiger partial charge in [0, 0.05) is 12.6 Å². The largest absolute Gasteiger partial charge is 0.390 e. The molecule has 0 saturated carbocycles. The molecule has 2 atom stereocenters. The van der Waals surface area contributed by atoms with Crippen LogP contribution in [0, 0.1) is 0 Å². The van der Waals surface area contributed by atoms with Gasteiger partial charge in [0.15, 0.2) is 0 Å². The van der Waals surface area contributed by atoms with Crippen molar-refractivity contribution in [1.29, 1.82) is 0 Å². The molecule has 2 unspecified atom stereocenters. The number of rotatable bonds is 1. The summed E-state index contributed by atoms with van der Waals surface area (Å²) in [6.07, 6.45) is -4.63. The van der Waals surface area contributed by atoms with Gasteiger partial charge in [-0.1, -0.05) is 0 Å². The van der Waals surface area contributed by atoms with Gasteiger partial charge in [-0.2, -0.15) is 13.2 Å².